The fourth-order valence-corrected chi connectivity index (χ4v) is 1.93. The molecule has 0 aliphatic carbocycles. The Labute approximate surface area is 91.8 Å². The summed E-state index contributed by atoms with van der Waals surface area (Å²) in [4.78, 5) is 0. The van der Waals surface area contributed by atoms with Gasteiger partial charge in [-0.25, -0.2) is 0 Å². The lowest BCUT2D eigenvalue weighted by atomic mass is 10.1. The number of hydrogen-bond acceptors (Lipinski definition) is 3. The van der Waals surface area contributed by atoms with Gasteiger partial charge in [0.1, 0.15) is 0 Å². The Hall–Kier alpha value is -1.13. The van der Waals surface area contributed by atoms with Crippen molar-refractivity contribution in [3.8, 4) is 0 Å². The number of fused-ring (bicyclic) bond motifs is 1. The molecule has 0 bridgehead atoms. The molecule has 2 aromatic rings. The quantitative estimate of drug-likeness (QED) is 0.779. The number of aromatic nitrogens is 3. The number of halogens is 1. The van der Waals surface area contributed by atoms with Gasteiger partial charge in [-0.15, -0.1) is 10.2 Å². The zero-order valence-electron chi connectivity index (χ0n) is 8.06. The maximum atomic E-state index is 5.77. The van der Waals surface area contributed by atoms with Gasteiger partial charge < -0.3 is 9.30 Å². The molecule has 15 heavy (non-hydrogen) atoms. The van der Waals surface area contributed by atoms with E-state index in [1.165, 1.54) is 0 Å². The van der Waals surface area contributed by atoms with Crippen LogP contribution in [0.1, 0.15) is 0 Å². The van der Waals surface area contributed by atoms with Crippen LogP contribution in [0.15, 0.2) is 18.3 Å². The highest BCUT2D eigenvalue weighted by Crippen LogP contribution is 2.19. The van der Waals surface area contributed by atoms with Gasteiger partial charge in [0, 0.05) is 24.0 Å². The summed E-state index contributed by atoms with van der Waals surface area (Å²) in [6.45, 7) is 2.64. The molecule has 1 aliphatic rings. The first-order chi connectivity index (χ1) is 7.33. The predicted octanol–water partition coefficient (Wildman–Crippen LogP) is 1.73. The van der Waals surface area contributed by atoms with Crippen LogP contribution < -0.4 is 0 Å². The minimum Gasteiger partial charge on any atom is -0.381 e. The van der Waals surface area contributed by atoms with E-state index in [0.29, 0.717) is 11.1 Å². The topological polar surface area (TPSA) is 39.9 Å². The molecule has 2 aromatic heterocycles. The first-order valence-corrected chi connectivity index (χ1v) is 5.26. The molecule has 0 saturated carbocycles. The van der Waals surface area contributed by atoms with Crippen molar-refractivity contribution in [1.82, 2.24) is 14.8 Å². The van der Waals surface area contributed by atoms with Crippen LogP contribution in [-0.4, -0.2) is 28.0 Å². The van der Waals surface area contributed by atoms with Crippen molar-refractivity contribution in [2.75, 3.05) is 13.2 Å². The highest BCUT2D eigenvalue weighted by molar-refractivity contribution is 6.29. The molecule has 1 saturated heterocycles. The minimum atomic E-state index is 0.437. The van der Waals surface area contributed by atoms with Gasteiger partial charge in [0.25, 0.3) is 0 Å². The van der Waals surface area contributed by atoms with E-state index in [-0.39, 0.29) is 0 Å². The summed E-state index contributed by atoms with van der Waals surface area (Å²) in [6, 6.07) is 3.84. The average molecular weight is 224 g/mol. The average Bonchev–Trinajstić information content (AvgIpc) is 2.54. The summed E-state index contributed by atoms with van der Waals surface area (Å²) in [5.41, 5.74) is 0.895. The highest BCUT2D eigenvalue weighted by atomic mass is 35.5. The van der Waals surface area contributed by atoms with Crippen LogP contribution in [0.2, 0.25) is 5.15 Å². The standard InChI is InChI=1S/C10H10ClN3O/c11-9-3-8-1-2-14(10(8)13-12-9)4-7-5-15-6-7/h1-3,7H,4-6H2. The summed E-state index contributed by atoms with van der Waals surface area (Å²) in [7, 11) is 0. The minimum absolute atomic E-state index is 0.437. The molecule has 0 unspecified atom stereocenters. The van der Waals surface area contributed by atoms with Crippen LogP contribution in [0.3, 0.4) is 0 Å². The third-order valence-corrected chi connectivity index (χ3v) is 2.83. The van der Waals surface area contributed by atoms with Crippen LogP contribution in [0.5, 0.6) is 0 Å². The third kappa shape index (κ3) is 1.60. The smallest absolute Gasteiger partial charge is 0.162 e. The van der Waals surface area contributed by atoms with E-state index >= 15 is 0 Å². The third-order valence-electron chi connectivity index (χ3n) is 2.64. The Morgan fingerprint density at radius 3 is 3.07 bits per heavy atom. The molecule has 1 aliphatic heterocycles. The fraction of sp³-hybridized carbons (Fsp3) is 0.400. The number of ether oxygens (including phenoxy) is 1. The Balaban J connectivity index is 1.96. The SMILES string of the molecule is Clc1cc2ccn(CC3COC3)c2nn1. The van der Waals surface area contributed by atoms with E-state index in [1.807, 2.05) is 18.3 Å². The Morgan fingerprint density at radius 2 is 2.33 bits per heavy atom. The van der Waals surface area contributed by atoms with Crippen molar-refractivity contribution < 1.29 is 4.74 Å². The van der Waals surface area contributed by atoms with E-state index in [2.05, 4.69) is 14.8 Å². The molecular formula is C10H10ClN3O. The predicted molar refractivity (Wildman–Crippen MR) is 56.8 cm³/mol. The fourth-order valence-electron chi connectivity index (χ4n) is 1.78. The summed E-state index contributed by atoms with van der Waals surface area (Å²) < 4.78 is 7.25. The first-order valence-electron chi connectivity index (χ1n) is 4.89. The van der Waals surface area contributed by atoms with Gasteiger partial charge in [0.2, 0.25) is 0 Å². The highest BCUT2D eigenvalue weighted by Gasteiger charge is 2.19. The van der Waals surface area contributed by atoms with Gasteiger partial charge >= 0.3 is 0 Å². The van der Waals surface area contributed by atoms with Gasteiger partial charge in [-0.05, 0) is 12.1 Å². The number of nitrogens with zero attached hydrogens (tertiary/aromatic N) is 3. The normalized spacial score (nSPS) is 16.9. The lowest BCUT2D eigenvalue weighted by molar-refractivity contribution is -0.0389. The molecular weight excluding hydrogens is 214 g/mol. The van der Waals surface area contributed by atoms with Crippen molar-refractivity contribution in [2.24, 2.45) is 5.92 Å². The van der Waals surface area contributed by atoms with Crippen molar-refractivity contribution in [1.29, 1.82) is 0 Å². The van der Waals surface area contributed by atoms with E-state index in [0.717, 1.165) is 30.8 Å². The maximum absolute atomic E-state index is 5.77. The Bertz CT molecular complexity index is 492. The van der Waals surface area contributed by atoms with Gasteiger partial charge in [-0.2, -0.15) is 0 Å². The molecule has 0 spiro atoms. The van der Waals surface area contributed by atoms with Gasteiger partial charge in [0.05, 0.1) is 13.2 Å². The second kappa shape index (κ2) is 3.47. The van der Waals surface area contributed by atoms with E-state index < -0.39 is 0 Å². The lowest BCUT2D eigenvalue weighted by Gasteiger charge is -2.26. The van der Waals surface area contributed by atoms with Crippen LogP contribution in [0.4, 0.5) is 0 Å². The molecule has 0 radical (unpaired) electrons. The van der Waals surface area contributed by atoms with Crippen molar-refractivity contribution in [3.63, 3.8) is 0 Å². The molecule has 3 heterocycles. The number of hydrogen-bond donors (Lipinski definition) is 0. The second-order valence-electron chi connectivity index (χ2n) is 3.82. The van der Waals surface area contributed by atoms with Crippen molar-refractivity contribution in [2.45, 2.75) is 6.54 Å². The van der Waals surface area contributed by atoms with Gasteiger partial charge in [-0.1, -0.05) is 11.6 Å². The van der Waals surface area contributed by atoms with E-state index in [4.69, 9.17) is 16.3 Å². The monoisotopic (exact) mass is 223 g/mol. The molecule has 5 heteroatoms. The zero-order chi connectivity index (χ0) is 10.3. The molecule has 3 rings (SSSR count). The Kier molecular flexibility index (Phi) is 2.11. The molecule has 0 atom stereocenters. The summed E-state index contributed by atoms with van der Waals surface area (Å²) in [6.07, 6.45) is 2.02. The maximum Gasteiger partial charge on any atom is 0.162 e. The van der Waals surface area contributed by atoms with E-state index in [9.17, 15) is 0 Å². The summed E-state index contributed by atoms with van der Waals surface area (Å²) in [5.74, 6) is 0.609. The summed E-state index contributed by atoms with van der Waals surface area (Å²) >= 11 is 5.77. The van der Waals surface area contributed by atoms with Crippen molar-refractivity contribution in [3.05, 3.63) is 23.5 Å². The van der Waals surface area contributed by atoms with Crippen molar-refractivity contribution >= 4 is 22.6 Å². The molecule has 0 N–H and O–H groups in total. The zero-order valence-corrected chi connectivity index (χ0v) is 8.81. The molecule has 4 nitrogen and oxygen atoms in total. The molecule has 0 aromatic carbocycles. The van der Waals surface area contributed by atoms with E-state index in [1.54, 1.807) is 0 Å². The molecule has 1 fully saturated rings. The lowest BCUT2D eigenvalue weighted by Crippen LogP contribution is -2.31. The largest absolute Gasteiger partial charge is 0.381 e. The van der Waals surface area contributed by atoms with Crippen LogP contribution >= 0.6 is 11.6 Å². The van der Waals surface area contributed by atoms with Gasteiger partial charge in [-0.3, -0.25) is 0 Å². The molecule has 78 valence electrons. The number of rotatable bonds is 2. The summed E-state index contributed by atoms with van der Waals surface area (Å²) in [5, 5.41) is 9.42. The van der Waals surface area contributed by atoms with Crippen LogP contribution in [0.25, 0.3) is 11.0 Å². The first kappa shape index (κ1) is 9.12. The second-order valence-corrected chi connectivity index (χ2v) is 4.20. The Morgan fingerprint density at radius 1 is 1.47 bits per heavy atom. The van der Waals surface area contributed by atoms with Crippen LogP contribution in [0, 0.1) is 5.92 Å². The van der Waals surface area contributed by atoms with Gasteiger partial charge in [0.15, 0.2) is 10.8 Å². The molecule has 0 amide bonds. The van der Waals surface area contributed by atoms with Crippen LogP contribution in [-0.2, 0) is 11.3 Å².